The molecule has 1 aliphatic heterocycles. The van der Waals surface area contributed by atoms with Crippen LogP contribution in [-0.2, 0) is 11.2 Å². The third-order valence-corrected chi connectivity index (χ3v) is 5.93. The number of amides is 1. The van der Waals surface area contributed by atoms with Crippen molar-refractivity contribution in [3.8, 4) is 5.19 Å². The van der Waals surface area contributed by atoms with Crippen LogP contribution in [0.15, 0.2) is 48.5 Å². The number of carbonyl (C=O) groups excluding carboxylic acids is 1. The molecule has 6 heteroatoms. The lowest BCUT2D eigenvalue weighted by Gasteiger charge is -2.31. The summed E-state index contributed by atoms with van der Waals surface area (Å²) in [5.74, 6) is 0.122. The summed E-state index contributed by atoms with van der Waals surface area (Å²) in [4.78, 5) is 19.0. The molecule has 4 rings (SSSR count). The van der Waals surface area contributed by atoms with E-state index >= 15 is 0 Å². The molecule has 1 fully saturated rings. The maximum atomic E-state index is 12.5. The zero-order valence-electron chi connectivity index (χ0n) is 14.2. The Morgan fingerprint density at radius 3 is 2.65 bits per heavy atom. The average Bonchev–Trinajstić information content (AvgIpc) is 3.06. The van der Waals surface area contributed by atoms with Crippen molar-refractivity contribution in [3.63, 3.8) is 0 Å². The molecule has 0 bridgehead atoms. The molecule has 2 aromatic carbocycles. The minimum Gasteiger partial charge on any atom is -0.467 e. The van der Waals surface area contributed by atoms with Gasteiger partial charge in [-0.25, -0.2) is 4.98 Å². The van der Waals surface area contributed by atoms with E-state index in [4.69, 9.17) is 16.3 Å². The number of likely N-dealkylation sites (tertiary alicyclic amines) is 1. The van der Waals surface area contributed by atoms with Crippen molar-refractivity contribution in [2.24, 2.45) is 0 Å². The number of benzene rings is 2. The van der Waals surface area contributed by atoms with Crippen LogP contribution in [0.3, 0.4) is 0 Å². The number of halogens is 1. The number of rotatable bonds is 4. The first kappa shape index (κ1) is 17.3. The van der Waals surface area contributed by atoms with Crippen molar-refractivity contribution < 1.29 is 9.53 Å². The van der Waals surface area contributed by atoms with Crippen molar-refractivity contribution >= 4 is 39.1 Å². The topological polar surface area (TPSA) is 42.4 Å². The van der Waals surface area contributed by atoms with Crippen molar-refractivity contribution in [3.05, 3.63) is 59.1 Å². The highest BCUT2D eigenvalue weighted by Crippen LogP contribution is 2.29. The molecular weight excluding hydrogens is 368 g/mol. The zero-order chi connectivity index (χ0) is 17.9. The molecule has 0 spiro atoms. The summed E-state index contributed by atoms with van der Waals surface area (Å²) < 4.78 is 7.19. The van der Waals surface area contributed by atoms with Crippen molar-refractivity contribution in [2.75, 3.05) is 13.1 Å². The van der Waals surface area contributed by atoms with Crippen molar-refractivity contribution in [1.29, 1.82) is 0 Å². The molecule has 0 atom stereocenters. The first-order valence-corrected chi connectivity index (χ1v) is 9.92. The van der Waals surface area contributed by atoms with Gasteiger partial charge >= 0.3 is 0 Å². The van der Waals surface area contributed by atoms with Crippen molar-refractivity contribution in [1.82, 2.24) is 9.88 Å². The molecular formula is C20H19ClN2O2S. The summed E-state index contributed by atoms with van der Waals surface area (Å²) in [6, 6.07) is 15.5. The molecule has 0 saturated carbocycles. The fourth-order valence-corrected chi connectivity index (χ4v) is 4.27. The lowest BCUT2D eigenvalue weighted by molar-refractivity contribution is -0.132. The Morgan fingerprint density at radius 1 is 1.15 bits per heavy atom. The second-order valence-corrected chi connectivity index (χ2v) is 7.81. The van der Waals surface area contributed by atoms with Gasteiger partial charge in [0.05, 0.1) is 16.6 Å². The molecule has 1 saturated heterocycles. The highest BCUT2D eigenvalue weighted by molar-refractivity contribution is 7.20. The molecule has 3 aromatic rings. The third-order valence-electron chi connectivity index (χ3n) is 4.64. The van der Waals surface area contributed by atoms with Gasteiger partial charge in [0.2, 0.25) is 5.91 Å². The van der Waals surface area contributed by atoms with Crippen LogP contribution in [0.4, 0.5) is 0 Å². The van der Waals surface area contributed by atoms with Gasteiger partial charge in [-0.15, -0.1) is 0 Å². The summed E-state index contributed by atoms with van der Waals surface area (Å²) in [5, 5.41) is 1.36. The normalized spacial score (nSPS) is 15.3. The largest absolute Gasteiger partial charge is 0.467 e. The van der Waals surface area contributed by atoms with Crippen LogP contribution in [0.1, 0.15) is 18.4 Å². The predicted molar refractivity (Wildman–Crippen MR) is 105 cm³/mol. The lowest BCUT2D eigenvalue weighted by atomic mass is 10.1. The number of hydrogen-bond acceptors (Lipinski definition) is 4. The molecule has 1 aromatic heterocycles. The molecule has 1 amide bonds. The van der Waals surface area contributed by atoms with E-state index in [1.807, 2.05) is 47.4 Å². The highest BCUT2D eigenvalue weighted by atomic mass is 35.5. The average molecular weight is 387 g/mol. The van der Waals surface area contributed by atoms with E-state index in [2.05, 4.69) is 11.1 Å². The Bertz CT molecular complexity index is 886. The highest BCUT2D eigenvalue weighted by Gasteiger charge is 2.25. The molecule has 0 radical (unpaired) electrons. The maximum Gasteiger partial charge on any atom is 0.274 e. The van der Waals surface area contributed by atoms with Crippen LogP contribution in [0, 0.1) is 0 Å². The van der Waals surface area contributed by atoms with Gasteiger partial charge in [0.15, 0.2) is 0 Å². The van der Waals surface area contributed by atoms with E-state index in [1.165, 1.54) is 0 Å². The number of hydrogen-bond donors (Lipinski definition) is 0. The molecule has 26 heavy (non-hydrogen) atoms. The number of nitrogens with zero attached hydrogens (tertiary/aromatic N) is 2. The Kier molecular flexibility index (Phi) is 5.09. The first-order valence-electron chi connectivity index (χ1n) is 8.72. The fraction of sp³-hybridized carbons (Fsp3) is 0.300. The smallest absolute Gasteiger partial charge is 0.274 e. The van der Waals surface area contributed by atoms with E-state index in [0.717, 1.165) is 28.6 Å². The summed E-state index contributed by atoms with van der Waals surface area (Å²) in [7, 11) is 0. The number of fused-ring (bicyclic) bond motifs is 1. The van der Waals surface area contributed by atoms with Gasteiger partial charge in [-0.2, -0.15) is 0 Å². The van der Waals surface area contributed by atoms with E-state index < -0.39 is 0 Å². The van der Waals surface area contributed by atoms with Crippen LogP contribution in [0.2, 0.25) is 5.02 Å². The minimum atomic E-state index is 0.111. The Hall–Kier alpha value is -2.11. The van der Waals surface area contributed by atoms with Crippen LogP contribution >= 0.6 is 22.9 Å². The number of ether oxygens (including phenoxy) is 1. The van der Waals surface area contributed by atoms with Crippen molar-refractivity contribution in [2.45, 2.75) is 25.4 Å². The summed E-state index contributed by atoms with van der Waals surface area (Å²) in [6.07, 6.45) is 2.11. The van der Waals surface area contributed by atoms with E-state index in [9.17, 15) is 4.79 Å². The van der Waals surface area contributed by atoms with Crippen LogP contribution < -0.4 is 4.74 Å². The number of para-hydroxylation sites is 1. The van der Waals surface area contributed by atoms with E-state index in [1.54, 1.807) is 11.3 Å². The second kappa shape index (κ2) is 7.64. The van der Waals surface area contributed by atoms with Gasteiger partial charge in [-0.05, 0) is 23.8 Å². The third kappa shape index (κ3) is 3.84. The van der Waals surface area contributed by atoms with Gasteiger partial charge in [0.25, 0.3) is 5.19 Å². The fourth-order valence-electron chi connectivity index (χ4n) is 3.18. The summed E-state index contributed by atoms with van der Waals surface area (Å²) in [6.45, 7) is 1.41. The molecule has 0 aliphatic carbocycles. The Balaban J connectivity index is 1.32. The van der Waals surface area contributed by atoms with E-state index in [0.29, 0.717) is 29.7 Å². The minimum absolute atomic E-state index is 0.111. The number of carbonyl (C=O) groups is 1. The first-order chi connectivity index (χ1) is 12.7. The monoisotopic (exact) mass is 386 g/mol. The van der Waals surface area contributed by atoms with Gasteiger partial charge < -0.3 is 9.64 Å². The quantitative estimate of drug-likeness (QED) is 0.660. The Labute approximate surface area is 161 Å². The van der Waals surface area contributed by atoms with Gasteiger partial charge in [-0.1, -0.05) is 53.3 Å². The number of piperidine rings is 1. The van der Waals surface area contributed by atoms with Crippen LogP contribution in [0.25, 0.3) is 10.2 Å². The number of thiazole rings is 1. The maximum absolute atomic E-state index is 12.5. The molecule has 1 aliphatic rings. The standard InChI is InChI=1S/C20H19ClN2O2S/c21-16-6-2-1-5-14(16)13-19(24)23-11-9-15(10-12-23)25-20-22-17-7-3-4-8-18(17)26-20/h1-8,15H,9-13H2. The van der Waals surface area contributed by atoms with E-state index in [-0.39, 0.29) is 12.0 Å². The molecule has 0 N–H and O–H groups in total. The van der Waals surface area contributed by atoms with Crippen LogP contribution in [-0.4, -0.2) is 35.0 Å². The van der Waals surface area contributed by atoms with Gasteiger partial charge in [0, 0.05) is 31.0 Å². The molecule has 4 nitrogen and oxygen atoms in total. The second-order valence-electron chi connectivity index (χ2n) is 6.41. The van der Waals surface area contributed by atoms with Gasteiger partial charge in [0.1, 0.15) is 6.10 Å². The number of aromatic nitrogens is 1. The van der Waals surface area contributed by atoms with Gasteiger partial charge in [-0.3, -0.25) is 4.79 Å². The molecule has 134 valence electrons. The molecule has 2 heterocycles. The summed E-state index contributed by atoms with van der Waals surface area (Å²) >= 11 is 7.73. The SMILES string of the molecule is O=C(Cc1ccccc1Cl)N1CCC(Oc2nc3ccccc3s2)CC1. The van der Waals surface area contributed by atoms with Crippen LogP contribution in [0.5, 0.6) is 5.19 Å². The zero-order valence-corrected chi connectivity index (χ0v) is 15.8. The Morgan fingerprint density at radius 2 is 1.88 bits per heavy atom. The summed E-state index contributed by atoms with van der Waals surface area (Å²) in [5.41, 5.74) is 1.85. The molecule has 0 unspecified atom stereocenters. The predicted octanol–water partition coefficient (Wildman–Crippen LogP) is 4.56. The lowest BCUT2D eigenvalue weighted by Crippen LogP contribution is -2.42.